The van der Waals surface area contributed by atoms with Crippen LogP contribution in [0, 0.1) is 23.2 Å². The van der Waals surface area contributed by atoms with Crippen LogP contribution in [-0.2, 0) is 13.6 Å². The largest absolute Gasteiger partial charge is 0.494 e. The highest BCUT2D eigenvalue weighted by atomic mass is 16.5. The van der Waals surface area contributed by atoms with Crippen molar-refractivity contribution in [2.75, 3.05) is 13.7 Å². The van der Waals surface area contributed by atoms with E-state index in [1.54, 1.807) is 19.4 Å². The van der Waals surface area contributed by atoms with E-state index in [-0.39, 0.29) is 18.0 Å². The zero-order valence-electron chi connectivity index (χ0n) is 24.2. The molecule has 216 valence electrons. The van der Waals surface area contributed by atoms with Crippen LogP contribution in [0.4, 0.5) is 0 Å². The van der Waals surface area contributed by atoms with Gasteiger partial charge < -0.3 is 24.5 Å². The number of hydrogen-bond acceptors (Lipinski definition) is 7. The number of ether oxygens (including phenoxy) is 1. The Morgan fingerprint density at radius 1 is 1.12 bits per heavy atom. The number of likely N-dealkylation sites (tertiary alicyclic amines) is 1. The summed E-state index contributed by atoms with van der Waals surface area (Å²) in [6, 6.07) is 15.9. The van der Waals surface area contributed by atoms with E-state index < -0.39 is 0 Å². The number of aromatic nitrogens is 5. The predicted octanol–water partition coefficient (Wildman–Crippen LogP) is 4.50. The van der Waals surface area contributed by atoms with Gasteiger partial charge in [0.05, 0.1) is 24.0 Å². The second-order valence-corrected chi connectivity index (χ2v) is 12.2. The van der Waals surface area contributed by atoms with Gasteiger partial charge in [-0.05, 0) is 80.0 Å². The van der Waals surface area contributed by atoms with Crippen molar-refractivity contribution < 1.29 is 9.53 Å². The number of piperidine rings is 1. The first kappa shape index (κ1) is 25.9. The molecule has 5 aromatic rings. The van der Waals surface area contributed by atoms with Gasteiger partial charge in [0.1, 0.15) is 28.7 Å². The van der Waals surface area contributed by atoms with Gasteiger partial charge in [0, 0.05) is 54.9 Å². The number of benzene rings is 1. The van der Waals surface area contributed by atoms with Crippen LogP contribution >= 0.6 is 0 Å². The van der Waals surface area contributed by atoms with E-state index in [9.17, 15) is 10.1 Å². The SMILES string of the molecule is COc1cc(C(=O)N2CC3CCC2C3N)cc2nc(-c3cc4ccc(-c5ccnc(C#N)c5)nc4n3CC3CC3)n(C)c12. The monoisotopic (exact) mass is 572 g/mol. The summed E-state index contributed by atoms with van der Waals surface area (Å²) in [5.41, 5.74) is 12.4. The first-order valence-electron chi connectivity index (χ1n) is 14.9. The molecule has 3 fully saturated rings. The van der Waals surface area contributed by atoms with Crippen LogP contribution in [0.15, 0.2) is 48.7 Å². The van der Waals surface area contributed by atoms with Crippen molar-refractivity contribution in [3.05, 3.63) is 59.9 Å². The Hall–Kier alpha value is -4.75. The Morgan fingerprint density at radius 2 is 1.98 bits per heavy atom. The molecule has 43 heavy (non-hydrogen) atoms. The fourth-order valence-corrected chi connectivity index (χ4v) is 7.13. The highest BCUT2D eigenvalue weighted by molar-refractivity contribution is 6.00. The van der Waals surface area contributed by atoms with Gasteiger partial charge in [-0.2, -0.15) is 5.26 Å². The number of carbonyl (C=O) groups is 1. The molecule has 1 aliphatic heterocycles. The van der Waals surface area contributed by atoms with Gasteiger partial charge in [0.15, 0.2) is 5.82 Å². The summed E-state index contributed by atoms with van der Waals surface area (Å²) in [6.07, 6.45) is 6.09. The fraction of sp³-hybridized carbons (Fsp3) is 0.364. The third kappa shape index (κ3) is 4.10. The minimum Gasteiger partial charge on any atom is -0.494 e. The molecule has 2 saturated carbocycles. The molecule has 10 heteroatoms. The number of imidazole rings is 1. The molecule has 2 bridgehead atoms. The summed E-state index contributed by atoms with van der Waals surface area (Å²) in [4.78, 5) is 29.9. The second kappa shape index (κ2) is 9.64. The lowest BCUT2D eigenvalue weighted by Crippen LogP contribution is -2.41. The zero-order valence-corrected chi connectivity index (χ0v) is 24.2. The van der Waals surface area contributed by atoms with Gasteiger partial charge >= 0.3 is 0 Å². The van der Waals surface area contributed by atoms with Crippen LogP contribution in [0.3, 0.4) is 0 Å². The second-order valence-electron chi connectivity index (χ2n) is 12.2. The van der Waals surface area contributed by atoms with Crippen LogP contribution in [-0.4, -0.2) is 60.6 Å². The Balaban J connectivity index is 1.24. The molecule has 4 aromatic heterocycles. The van der Waals surface area contributed by atoms with Crippen LogP contribution in [0.25, 0.3) is 44.8 Å². The van der Waals surface area contributed by atoms with Gasteiger partial charge in [-0.25, -0.2) is 15.0 Å². The zero-order chi connectivity index (χ0) is 29.4. The van der Waals surface area contributed by atoms with Crippen molar-refractivity contribution in [3.63, 3.8) is 0 Å². The number of fused-ring (bicyclic) bond motifs is 4. The summed E-state index contributed by atoms with van der Waals surface area (Å²) in [5.74, 6) is 2.38. The molecule has 0 radical (unpaired) electrons. The van der Waals surface area contributed by atoms with E-state index in [2.05, 4.69) is 32.3 Å². The topological polar surface area (TPSA) is 128 Å². The standard InChI is InChI=1S/C33H32N8O2/c1-39-30-25(12-22(14-28(30)43-2)33(42)41-17-21-6-8-26(41)29(21)35)38-32(39)27-13-20-5-7-24(19-9-10-36-23(11-19)15-34)37-31(20)40(27)16-18-3-4-18/h5,7,9-14,18,21,26,29H,3-4,6,8,16-17,35H2,1-2H3. The number of pyridine rings is 2. The lowest BCUT2D eigenvalue weighted by Gasteiger charge is -2.27. The maximum Gasteiger partial charge on any atom is 0.254 e. The maximum atomic E-state index is 13.7. The van der Waals surface area contributed by atoms with Crippen molar-refractivity contribution in [1.82, 2.24) is 29.0 Å². The van der Waals surface area contributed by atoms with Crippen molar-refractivity contribution >= 4 is 28.0 Å². The third-order valence-corrected chi connectivity index (χ3v) is 9.60. The van der Waals surface area contributed by atoms with E-state index in [0.717, 1.165) is 58.7 Å². The van der Waals surface area contributed by atoms with E-state index in [0.29, 0.717) is 40.9 Å². The molecule has 5 heterocycles. The lowest BCUT2D eigenvalue weighted by atomic mass is 10.1. The minimum atomic E-state index is -0.00898. The number of carbonyl (C=O) groups excluding carboxylic acids is 1. The summed E-state index contributed by atoms with van der Waals surface area (Å²) >= 11 is 0. The molecule has 8 rings (SSSR count). The lowest BCUT2D eigenvalue weighted by molar-refractivity contribution is 0.0700. The molecule has 3 unspecified atom stereocenters. The molecule has 2 aliphatic carbocycles. The van der Waals surface area contributed by atoms with Crippen LogP contribution in [0.2, 0.25) is 0 Å². The number of nitrogens with zero attached hydrogens (tertiary/aromatic N) is 7. The number of rotatable bonds is 6. The Bertz CT molecular complexity index is 1980. The molecule has 3 atom stereocenters. The summed E-state index contributed by atoms with van der Waals surface area (Å²) in [6.45, 7) is 1.56. The normalized spacial score (nSPS) is 21.2. The van der Waals surface area contributed by atoms with Gasteiger partial charge in [0.2, 0.25) is 0 Å². The molecule has 1 amide bonds. The van der Waals surface area contributed by atoms with Gasteiger partial charge in [-0.1, -0.05) is 0 Å². The molecule has 10 nitrogen and oxygen atoms in total. The molecule has 3 aliphatic rings. The van der Waals surface area contributed by atoms with Gasteiger partial charge in [-0.3, -0.25) is 4.79 Å². The molecule has 2 N–H and O–H groups in total. The first-order chi connectivity index (χ1) is 20.9. The van der Waals surface area contributed by atoms with E-state index in [1.807, 2.05) is 36.2 Å². The summed E-state index contributed by atoms with van der Waals surface area (Å²) in [7, 11) is 3.63. The number of methoxy groups -OCH3 is 1. The number of hydrogen-bond donors (Lipinski definition) is 1. The summed E-state index contributed by atoms with van der Waals surface area (Å²) in [5, 5.41) is 10.4. The van der Waals surface area contributed by atoms with Crippen LogP contribution < -0.4 is 10.5 Å². The predicted molar refractivity (Wildman–Crippen MR) is 162 cm³/mol. The molecule has 0 spiro atoms. The van der Waals surface area contributed by atoms with Crippen molar-refractivity contribution in [2.45, 2.75) is 44.3 Å². The minimum absolute atomic E-state index is 0.00898. The average molecular weight is 573 g/mol. The average Bonchev–Trinajstić information content (AvgIpc) is 3.44. The van der Waals surface area contributed by atoms with Crippen molar-refractivity contribution in [1.29, 1.82) is 5.26 Å². The van der Waals surface area contributed by atoms with E-state index in [1.165, 1.54) is 12.8 Å². The number of nitriles is 1. The fourth-order valence-electron chi connectivity index (χ4n) is 7.13. The van der Waals surface area contributed by atoms with Gasteiger partial charge in [0.25, 0.3) is 5.91 Å². The first-order valence-corrected chi connectivity index (χ1v) is 14.9. The highest BCUT2D eigenvalue weighted by Crippen LogP contribution is 2.40. The Morgan fingerprint density at radius 3 is 2.70 bits per heavy atom. The number of aryl methyl sites for hydroxylation is 1. The highest BCUT2D eigenvalue weighted by Gasteiger charge is 2.47. The molecular formula is C33H32N8O2. The summed E-state index contributed by atoms with van der Waals surface area (Å²) < 4.78 is 10.2. The van der Waals surface area contributed by atoms with Crippen molar-refractivity contribution in [2.24, 2.45) is 24.6 Å². The third-order valence-electron chi connectivity index (χ3n) is 9.60. The van der Waals surface area contributed by atoms with Crippen LogP contribution in [0.5, 0.6) is 5.75 Å². The molecular weight excluding hydrogens is 540 g/mol. The molecule has 1 saturated heterocycles. The Kier molecular flexibility index (Phi) is 5.81. The van der Waals surface area contributed by atoms with Gasteiger partial charge in [-0.15, -0.1) is 0 Å². The maximum absolute atomic E-state index is 13.7. The smallest absolute Gasteiger partial charge is 0.254 e. The van der Waals surface area contributed by atoms with E-state index in [4.69, 9.17) is 20.4 Å². The quantitative estimate of drug-likeness (QED) is 0.317. The van der Waals surface area contributed by atoms with Crippen molar-refractivity contribution in [3.8, 4) is 34.6 Å². The van der Waals surface area contributed by atoms with Crippen LogP contribution in [0.1, 0.15) is 41.7 Å². The number of nitrogens with two attached hydrogens (primary N) is 1. The Labute approximate surface area is 248 Å². The van der Waals surface area contributed by atoms with E-state index >= 15 is 0 Å². The number of amides is 1. The molecule has 1 aromatic carbocycles.